The molecule has 0 saturated carbocycles. The van der Waals surface area contributed by atoms with Crippen LogP contribution < -0.4 is 15.5 Å². The predicted octanol–water partition coefficient (Wildman–Crippen LogP) is 2.97. The number of nitrogens with one attached hydrogen (secondary N) is 3. The van der Waals surface area contributed by atoms with Gasteiger partial charge < -0.3 is 15.5 Å². The maximum Gasteiger partial charge on any atom is 0.171 e. The Morgan fingerprint density at radius 1 is 1.21 bits per heavy atom. The standard InChI is InChI=1S/C20H31N3S/c1-4-11-23-17-8-6-9-18(23)13-16(12-17)21-20(24)22-19-10-5-7-14(2)15(19)3/h5,7,10,16-18H,4,6,8-9,11-13H2,1-3H3,(H2,21,22,24)/p+1/t16?,17-,18+. The molecule has 2 fully saturated rings. The van der Waals surface area contributed by atoms with Crippen molar-refractivity contribution in [2.75, 3.05) is 11.9 Å². The van der Waals surface area contributed by atoms with Crippen LogP contribution in [0.2, 0.25) is 0 Å². The molecule has 1 aromatic rings. The van der Waals surface area contributed by atoms with E-state index in [2.05, 4.69) is 49.6 Å². The fourth-order valence-electron chi connectivity index (χ4n) is 4.68. The normalized spacial score (nSPS) is 29.1. The summed E-state index contributed by atoms with van der Waals surface area (Å²) in [6.07, 6.45) is 8.02. The molecule has 1 aromatic carbocycles. The van der Waals surface area contributed by atoms with Gasteiger partial charge in [0.1, 0.15) is 0 Å². The van der Waals surface area contributed by atoms with E-state index in [1.165, 1.54) is 56.2 Å². The zero-order valence-electron chi connectivity index (χ0n) is 15.3. The Morgan fingerprint density at radius 2 is 1.92 bits per heavy atom. The van der Waals surface area contributed by atoms with Crippen molar-refractivity contribution >= 4 is 23.0 Å². The monoisotopic (exact) mass is 346 g/mol. The largest absolute Gasteiger partial charge is 0.359 e. The number of anilines is 1. The lowest BCUT2D eigenvalue weighted by molar-refractivity contribution is -0.961. The SMILES string of the molecule is CCC[NH+]1[C@@H]2CCC[C@H]1CC(NC(=S)Nc1cccc(C)c1C)C2. The van der Waals surface area contributed by atoms with Crippen LogP contribution in [-0.2, 0) is 0 Å². The third kappa shape index (κ3) is 3.92. The molecule has 0 aromatic heterocycles. The number of benzene rings is 1. The molecule has 3 rings (SSSR count). The summed E-state index contributed by atoms with van der Waals surface area (Å²) in [6.45, 7) is 7.95. The van der Waals surface area contributed by atoms with Gasteiger partial charge in [-0.05, 0) is 68.9 Å². The van der Waals surface area contributed by atoms with Crippen LogP contribution in [0.5, 0.6) is 0 Å². The first-order chi connectivity index (χ1) is 11.6. The lowest BCUT2D eigenvalue weighted by atomic mass is 9.81. The Morgan fingerprint density at radius 3 is 2.58 bits per heavy atom. The van der Waals surface area contributed by atoms with E-state index in [1.807, 2.05) is 4.90 Å². The van der Waals surface area contributed by atoms with Crippen LogP contribution in [0.25, 0.3) is 0 Å². The van der Waals surface area contributed by atoms with Gasteiger partial charge in [-0.25, -0.2) is 0 Å². The van der Waals surface area contributed by atoms with Gasteiger partial charge in [-0.1, -0.05) is 19.1 Å². The quantitative estimate of drug-likeness (QED) is 0.732. The van der Waals surface area contributed by atoms with E-state index in [-0.39, 0.29) is 0 Å². The zero-order chi connectivity index (χ0) is 17.1. The number of hydrogen-bond acceptors (Lipinski definition) is 1. The number of rotatable bonds is 4. The van der Waals surface area contributed by atoms with Crippen molar-refractivity contribution in [2.45, 2.75) is 77.4 Å². The molecular weight excluding hydrogens is 314 g/mol. The van der Waals surface area contributed by atoms with Crippen LogP contribution in [0.15, 0.2) is 18.2 Å². The second-order valence-corrected chi connectivity index (χ2v) is 8.07. The molecule has 132 valence electrons. The fraction of sp³-hybridized carbons (Fsp3) is 0.650. The average Bonchev–Trinajstić information content (AvgIpc) is 2.53. The average molecular weight is 347 g/mol. The minimum Gasteiger partial charge on any atom is -0.359 e. The van der Waals surface area contributed by atoms with E-state index in [4.69, 9.17) is 12.2 Å². The van der Waals surface area contributed by atoms with Crippen molar-refractivity contribution in [1.29, 1.82) is 0 Å². The molecule has 2 saturated heterocycles. The van der Waals surface area contributed by atoms with E-state index in [9.17, 15) is 0 Å². The van der Waals surface area contributed by atoms with Gasteiger partial charge in [0.15, 0.2) is 5.11 Å². The van der Waals surface area contributed by atoms with Gasteiger partial charge >= 0.3 is 0 Å². The molecule has 0 amide bonds. The molecule has 0 aliphatic carbocycles. The zero-order valence-corrected chi connectivity index (χ0v) is 16.1. The lowest BCUT2D eigenvalue weighted by Crippen LogP contribution is -3.21. The van der Waals surface area contributed by atoms with Crippen molar-refractivity contribution in [3.63, 3.8) is 0 Å². The summed E-state index contributed by atoms with van der Waals surface area (Å²) in [7, 11) is 0. The van der Waals surface area contributed by atoms with Crippen molar-refractivity contribution in [3.8, 4) is 0 Å². The third-order valence-corrected chi connectivity index (χ3v) is 6.24. The molecule has 3 nitrogen and oxygen atoms in total. The van der Waals surface area contributed by atoms with Gasteiger partial charge in [0.05, 0.1) is 18.6 Å². The molecule has 0 spiro atoms. The highest BCUT2D eigenvalue weighted by molar-refractivity contribution is 7.80. The summed E-state index contributed by atoms with van der Waals surface area (Å²) in [5.41, 5.74) is 3.70. The molecular formula is C20H32N3S+. The Kier molecular flexibility index (Phi) is 5.77. The van der Waals surface area contributed by atoms with Gasteiger partial charge in [-0.15, -0.1) is 0 Å². The molecule has 4 atom stereocenters. The number of aryl methyl sites for hydroxylation is 1. The van der Waals surface area contributed by atoms with Gasteiger partial charge in [-0.3, -0.25) is 0 Å². The molecule has 24 heavy (non-hydrogen) atoms. The summed E-state index contributed by atoms with van der Waals surface area (Å²) in [5.74, 6) is 0. The molecule has 4 heteroatoms. The Labute approximate surface area is 152 Å². The van der Waals surface area contributed by atoms with Crippen LogP contribution in [0.1, 0.15) is 56.6 Å². The molecule has 2 heterocycles. The Balaban J connectivity index is 1.58. The fourth-order valence-corrected chi connectivity index (χ4v) is 4.96. The van der Waals surface area contributed by atoms with Crippen molar-refractivity contribution < 1.29 is 4.90 Å². The van der Waals surface area contributed by atoms with Crippen molar-refractivity contribution in [1.82, 2.24) is 5.32 Å². The molecule has 2 bridgehead atoms. The summed E-state index contributed by atoms with van der Waals surface area (Å²) < 4.78 is 0. The van der Waals surface area contributed by atoms with Crippen LogP contribution in [-0.4, -0.2) is 29.8 Å². The van der Waals surface area contributed by atoms with Crippen LogP contribution in [0.3, 0.4) is 0 Å². The Bertz CT molecular complexity index is 572. The van der Waals surface area contributed by atoms with Gasteiger partial charge in [-0.2, -0.15) is 0 Å². The lowest BCUT2D eigenvalue weighted by Gasteiger charge is -2.46. The van der Waals surface area contributed by atoms with E-state index >= 15 is 0 Å². The molecule has 2 unspecified atom stereocenters. The maximum atomic E-state index is 5.60. The van der Waals surface area contributed by atoms with E-state index in [0.717, 1.165) is 22.9 Å². The summed E-state index contributed by atoms with van der Waals surface area (Å²) in [4.78, 5) is 1.87. The molecule has 2 aliphatic rings. The highest BCUT2D eigenvalue weighted by atomic mass is 32.1. The van der Waals surface area contributed by atoms with Gasteiger partial charge in [0.2, 0.25) is 0 Å². The highest BCUT2D eigenvalue weighted by Crippen LogP contribution is 2.23. The first kappa shape index (κ1) is 17.7. The van der Waals surface area contributed by atoms with Crippen LogP contribution in [0.4, 0.5) is 5.69 Å². The topological polar surface area (TPSA) is 28.5 Å². The summed E-state index contributed by atoms with van der Waals surface area (Å²) in [5, 5.41) is 7.81. The predicted molar refractivity (Wildman–Crippen MR) is 106 cm³/mol. The number of hydrogen-bond donors (Lipinski definition) is 3. The Hall–Kier alpha value is -1.13. The third-order valence-electron chi connectivity index (χ3n) is 6.02. The second kappa shape index (κ2) is 7.83. The smallest absolute Gasteiger partial charge is 0.171 e. The summed E-state index contributed by atoms with van der Waals surface area (Å²) >= 11 is 5.60. The van der Waals surface area contributed by atoms with Gasteiger partial charge in [0, 0.05) is 24.6 Å². The van der Waals surface area contributed by atoms with Gasteiger partial charge in [0.25, 0.3) is 0 Å². The molecule has 2 aliphatic heterocycles. The highest BCUT2D eigenvalue weighted by Gasteiger charge is 2.41. The van der Waals surface area contributed by atoms with E-state index in [0.29, 0.717) is 6.04 Å². The summed E-state index contributed by atoms with van der Waals surface area (Å²) in [6, 6.07) is 8.54. The number of piperidine rings is 2. The maximum absolute atomic E-state index is 5.60. The molecule has 3 N–H and O–H groups in total. The van der Waals surface area contributed by atoms with Crippen LogP contribution >= 0.6 is 12.2 Å². The minimum atomic E-state index is 0.533. The van der Waals surface area contributed by atoms with E-state index in [1.54, 1.807) is 0 Å². The van der Waals surface area contributed by atoms with E-state index < -0.39 is 0 Å². The van der Waals surface area contributed by atoms with Crippen LogP contribution in [0, 0.1) is 13.8 Å². The van der Waals surface area contributed by atoms with Crippen molar-refractivity contribution in [3.05, 3.63) is 29.3 Å². The number of quaternary nitrogens is 1. The molecule has 0 radical (unpaired) electrons. The number of thiocarbonyl (C=S) groups is 1. The second-order valence-electron chi connectivity index (χ2n) is 7.66. The first-order valence-electron chi connectivity index (χ1n) is 9.57. The first-order valence-corrected chi connectivity index (χ1v) is 9.98. The minimum absolute atomic E-state index is 0.533. The van der Waals surface area contributed by atoms with Crippen molar-refractivity contribution in [2.24, 2.45) is 0 Å². The number of fused-ring (bicyclic) bond motifs is 2.